The van der Waals surface area contributed by atoms with E-state index >= 15 is 0 Å². The van der Waals surface area contributed by atoms with Gasteiger partial charge in [0.05, 0.1) is 17.6 Å². The topological polar surface area (TPSA) is 16.1 Å². The van der Waals surface area contributed by atoms with E-state index in [2.05, 4.69) is 249 Å². The average molecular weight is 849 g/mol. The highest BCUT2D eigenvalue weighted by Crippen LogP contribution is 2.52. The van der Waals surface area contributed by atoms with E-state index in [1.54, 1.807) is 0 Å². The Kier molecular flexibility index (Phi) is 9.36. The lowest BCUT2D eigenvalue weighted by molar-refractivity contribution is 0.662. The molecule has 12 rings (SSSR count). The Hall–Kier alpha value is -7.59. The van der Waals surface area contributed by atoms with Crippen LogP contribution in [0.25, 0.3) is 38.4 Å². The lowest BCUT2D eigenvalue weighted by atomic mass is 9.79. The number of benzene rings is 8. The number of hydrogen-bond acceptors (Lipinski definition) is 2. The van der Waals surface area contributed by atoms with E-state index in [0.29, 0.717) is 5.92 Å². The fraction of sp³-hybridized carbons (Fsp3) is 0.0806. The monoisotopic (exact) mass is 848 g/mol. The Bertz CT molecular complexity index is 3290. The Balaban J connectivity index is 0.914. The first-order valence-electron chi connectivity index (χ1n) is 22.9. The Morgan fingerprint density at radius 1 is 0.523 bits per heavy atom. The van der Waals surface area contributed by atoms with Crippen LogP contribution < -0.4 is 25.6 Å². The fourth-order valence-corrected chi connectivity index (χ4v) is 15.8. The van der Waals surface area contributed by atoms with Gasteiger partial charge in [0.2, 0.25) is 0 Å². The van der Waals surface area contributed by atoms with E-state index in [1.165, 1.54) is 70.1 Å². The molecule has 0 N–H and O–H groups in total. The highest BCUT2D eigenvalue weighted by Gasteiger charge is 2.41. The van der Waals surface area contributed by atoms with Gasteiger partial charge >= 0.3 is 0 Å². The van der Waals surface area contributed by atoms with Gasteiger partial charge in [-0.1, -0.05) is 196 Å². The summed E-state index contributed by atoms with van der Waals surface area (Å²) in [5.74, 6) is 0.483. The van der Waals surface area contributed by atoms with Crippen molar-refractivity contribution in [2.75, 3.05) is 4.90 Å². The van der Waals surface area contributed by atoms with Crippen molar-refractivity contribution in [3.8, 4) is 11.3 Å². The van der Waals surface area contributed by atoms with Gasteiger partial charge in [-0.2, -0.15) is 0 Å². The molecule has 0 saturated heterocycles. The van der Waals surface area contributed by atoms with Crippen LogP contribution in [0.15, 0.2) is 242 Å². The molecule has 8 aromatic carbocycles. The molecule has 2 nitrogen and oxygen atoms in total. The Labute approximate surface area is 382 Å². The molecule has 9 aromatic rings. The van der Waals surface area contributed by atoms with Crippen LogP contribution in [0.2, 0.25) is 0 Å². The molecule has 0 amide bonds. The molecule has 3 aliphatic carbocycles. The summed E-state index contributed by atoms with van der Waals surface area (Å²) < 4.78 is 0. The van der Waals surface area contributed by atoms with Gasteiger partial charge < -0.3 is 4.90 Å². The SMILES string of the molecule is CC1(C)c2cc(C3=CCC4C=CC=CC4=C3)cc3ccc4cc(N(c5ccccc5)c5ccc(-c6ccc([Si](c7ccccc7)(c7ccccc7)c7ccccc7)cc6)nc5)cc1c4c23. The van der Waals surface area contributed by atoms with Gasteiger partial charge in [-0.05, 0) is 125 Å². The predicted molar refractivity (Wildman–Crippen MR) is 278 cm³/mol. The fourth-order valence-electron chi connectivity index (χ4n) is 11.1. The number of rotatable bonds is 9. The molecule has 1 aromatic heterocycles. The van der Waals surface area contributed by atoms with Crippen LogP contribution in [0.4, 0.5) is 17.1 Å². The largest absolute Gasteiger partial charge is 0.309 e. The highest BCUT2D eigenvalue weighted by atomic mass is 28.3. The molecule has 3 heteroatoms. The summed E-state index contributed by atoms with van der Waals surface area (Å²) in [6.07, 6.45) is 16.9. The summed E-state index contributed by atoms with van der Waals surface area (Å²) >= 11 is 0. The van der Waals surface area contributed by atoms with Gasteiger partial charge in [0.15, 0.2) is 8.07 Å². The van der Waals surface area contributed by atoms with Gasteiger partial charge in [-0.15, -0.1) is 0 Å². The van der Waals surface area contributed by atoms with Crippen molar-refractivity contribution >= 4 is 73.0 Å². The van der Waals surface area contributed by atoms with E-state index < -0.39 is 8.07 Å². The minimum Gasteiger partial charge on any atom is -0.309 e. The normalized spacial score (nSPS) is 15.8. The molecule has 0 bridgehead atoms. The number of nitrogens with zero attached hydrogens (tertiary/aromatic N) is 2. The molecule has 0 spiro atoms. The van der Waals surface area contributed by atoms with Crippen LogP contribution in [0, 0.1) is 5.92 Å². The van der Waals surface area contributed by atoms with Crippen molar-refractivity contribution in [2.45, 2.75) is 25.7 Å². The molecule has 0 saturated carbocycles. The van der Waals surface area contributed by atoms with Crippen LogP contribution in [-0.4, -0.2) is 13.1 Å². The van der Waals surface area contributed by atoms with Crippen molar-refractivity contribution in [1.82, 2.24) is 4.98 Å². The lowest BCUT2D eigenvalue weighted by Gasteiger charge is -2.34. The summed E-state index contributed by atoms with van der Waals surface area (Å²) in [6, 6.07) is 72.0. The van der Waals surface area contributed by atoms with Gasteiger partial charge in [0, 0.05) is 28.3 Å². The molecule has 3 aliphatic rings. The van der Waals surface area contributed by atoms with Crippen LogP contribution >= 0.6 is 0 Å². The summed E-state index contributed by atoms with van der Waals surface area (Å²) in [4.78, 5) is 7.56. The van der Waals surface area contributed by atoms with Crippen molar-refractivity contribution in [2.24, 2.45) is 5.92 Å². The molecular weight excluding hydrogens is 801 g/mol. The zero-order valence-electron chi connectivity index (χ0n) is 36.7. The predicted octanol–water partition coefficient (Wildman–Crippen LogP) is 13.0. The Morgan fingerprint density at radius 3 is 1.72 bits per heavy atom. The molecule has 1 heterocycles. The number of hydrogen-bond donors (Lipinski definition) is 0. The third-order valence-corrected chi connectivity index (χ3v) is 19.1. The van der Waals surface area contributed by atoms with Crippen molar-refractivity contribution < 1.29 is 0 Å². The van der Waals surface area contributed by atoms with Gasteiger partial charge in [0.1, 0.15) is 0 Å². The molecule has 1 atom stereocenters. The highest BCUT2D eigenvalue weighted by molar-refractivity contribution is 7.19. The minimum atomic E-state index is -2.62. The summed E-state index contributed by atoms with van der Waals surface area (Å²) in [6.45, 7) is 4.81. The quantitative estimate of drug-likeness (QED) is 0.0817. The second-order valence-electron chi connectivity index (χ2n) is 18.3. The van der Waals surface area contributed by atoms with Crippen LogP contribution in [0.5, 0.6) is 0 Å². The molecular formula is C62H48N2Si. The number of fused-ring (bicyclic) bond motifs is 1. The lowest BCUT2D eigenvalue weighted by Crippen LogP contribution is -2.74. The van der Waals surface area contributed by atoms with E-state index in [4.69, 9.17) is 4.98 Å². The van der Waals surface area contributed by atoms with Crippen molar-refractivity contribution in [3.05, 3.63) is 259 Å². The van der Waals surface area contributed by atoms with E-state index in [9.17, 15) is 0 Å². The maximum Gasteiger partial charge on any atom is 0.179 e. The minimum absolute atomic E-state index is 0.191. The summed E-state index contributed by atoms with van der Waals surface area (Å²) in [5.41, 5.74) is 11.9. The van der Waals surface area contributed by atoms with Crippen LogP contribution in [0.3, 0.4) is 0 Å². The van der Waals surface area contributed by atoms with Gasteiger partial charge in [-0.25, -0.2) is 0 Å². The van der Waals surface area contributed by atoms with E-state index in [-0.39, 0.29) is 5.41 Å². The maximum atomic E-state index is 5.19. The second kappa shape index (κ2) is 15.6. The third kappa shape index (κ3) is 6.41. The van der Waals surface area contributed by atoms with E-state index in [0.717, 1.165) is 34.7 Å². The first-order chi connectivity index (χ1) is 32.0. The van der Waals surface area contributed by atoms with Gasteiger partial charge in [0.25, 0.3) is 0 Å². The van der Waals surface area contributed by atoms with E-state index in [1.807, 2.05) is 6.20 Å². The Morgan fingerprint density at radius 2 is 1.11 bits per heavy atom. The molecule has 1 unspecified atom stereocenters. The zero-order valence-corrected chi connectivity index (χ0v) is 37.7. The molecule has 0 fully saturated rings. The van der Waals surface area contributed by atoms with Crippen LogP contribution in [0.1, 0.15) is 37.0 Å². The summed E-state index contributed by atoms with van der Waals surface area (Å²) in [5, 5.41) is 10.8. The van der Waals surface area contributed by atoms with Crippen molar-refractivity contribution in [3.63, 3.8) is 0 Å². The first kappa shape index (κ1) is 39.0. The second-order valence-corrected chi connectivity index (χ2v) is 22.1. The molecule has 310 valence electrons. The number of pyridine rings is 1. The maximum absolute atomic E-state index is 5.19. The van der Waals surface area contributed by atoms with Crippen molar-refractivity contribution in [1.29, 1.82) is 0 Å². The average Bonchev–Trinajstić information content (AvgIpc) is 3.60. The molecule has 65 heavy (non-hydrogen) atoms. The number of allylic oxidation sites excluding steroid dienone is 8. The number of anilines is 3. The number of para-hydroxylation sites is 1. The first-order valence-corrected chi connectivity index (χ1v) is 24.9. The van der Waals surface area contributed by atoms with Gasteiger partial charge in [-0.3, -0.25) is 4.98 Å². The standard InChI is InChI=1S/C62H48N2Si/c1-62(2)57-40-49(46-28-27-43-17-15-16-18-45(43)37-46)38-47-29-30-48-39-52(41-58(62)61(48)60(47)57)64(50-19-7-3-8-20-50)51-33-36-59(63-42-51)44-31-34-56(35-32-44)65(53-21-9-4-10-22-53,54-23-11-5-12-24-54)55-25-13-6-14-26-55/h3-26,28-43H,27H2,1-2H3. The zero-order chi connectivity index (χ0) is 43.5. The number of aromatic nitrogens is 1. The molecule has 0 radical (unpaired) electrons. The molecule has 0 aliphatic heterocycles. The van der Waals surface area contributed by atoms with Crippen LogP contribution in [-0.2, 0) is 5.41 Å². The third-order valence-electron chi connectivity index (χ3n) is 14.3. The summed E-state index contributed by atoms with van der Waals surface area (Å²) in [7, 11) is -2.62. The smallest absolute Gasteiger partial charge is 0.179 e.